The predicted octanol–water partition coefficient (Wildman–Crippen LogP) is 4.36. The van der Waals surface area contributed by atoms with Crippen molar-refractivity contribution in [3.63, 3.8) is 0 Å². The molecule has 112 valence electrons. The molecule has 1 aromatic carbocycles. The topological polar surface area (TPSA) is 21.3 Å². The van der Waals surface area contributed by atoms with Gasteiger partial charge in [0.1, 0.15) is 5.75 Å². The van der Waals surface area contributed by atoms with Crippen LogP contribution in [0.2, 0.25) is 0 Å². The average Bonchev–Trinajstić information content (AvgIpc) is 2.47. The Labute approximate surface area is 123 Å². The molecule has 1 fully saturated rings. The summed E-state index contributed by atoms with van der Waals surface area (Å²) < 4.78 is 5.53. The first-order valence-corrected chi connectivity index (χ1v) is 8.11. The van der Waals surface area contributed by atoms with Gasteiger partial charge >= 0.3 is 0 Å². The number of benzene rings is 1. The monoisotopic (exact) mass is 275 g/mol. The van der Waals surface area contributed by atoms with Gasteiger partial charge in [-0.3, -0.25) is 0 Å². The fourth-order valence-electron chi connectivity index (χ4n) is 3.46. The van der Waals surface area contributed by atoms with Crippen LogP contribution in [-0.4, -0.2) is 19.2 Å². The summed E-state index contributed by atoms with van der Waals surface area (Å²) in [6.07, 6.45) is 3.70. The van der Waals surface area contributed by atoms with Crippen LogP contribution in [-0.2, 0) is 0 Å². The molecule has 2 nitrogen and oxygen atoms in total. The SMILES string of the molecule is CCCNC1CC(c2ccc(OCC)cc2)C1(C)CC. The molecular formula is C18H29NO. The largest absolute Gasteiger partial charge is 0.494 e. The zero-order valence-corrected chi connectivity index (χ0v) is 13.4. The minimum absolute atomic E-state index is 0.391. The first kappa shape index (κ1) is 15.4. The zero-order chi connectivity index (χ0) is 14.6. The van der Waals surface area contributed by atoms with Gasteiger partial charge in [-0.1, -0.05) is 32.9 Å². The first-order chi connectivity index (χ1) is 9.65. The van der Waals surface area contributed by atoms with E-state index >= 15 is 0 Å². The van der Waals surface area contributed by atoms with Crippen molar-refractivity contribution in [1.29, 1.82) is 0 Å². The van der Waals surface area contributed by atoms with E-state index in [1.165, 1.54) is 24.8 Å². The second-order valence-electron chi connectivity index (χ2n) is 6.16. The molecule has 1 saturated carbocycles. The van der Waals surface area contributed by atoms with Crippen molar-refractivity contribution in [1.82, 2.24) is 5.32 Å². The first-order valence-electron chi connectivity index (χ1n) is 8.11. The van der Waals surface area contributed by atoms with E-state index in [1.807, 2.05) is 6.92 Å². The predicted molar refractivity (Wildman–Crippen MR) is 85.4 cm³/mol. The summed E-state index contributed by atoms with van der Waals surface area (Å²) in [5, 5.41) is 3.72. The van der Waals surface area contributed by atoms with Crippen LogP contribution < -0.4 is 10.1 Å². The van der Waals surface area contributed by atoms with Crippen LogP contribution in [0.15, 0.2) is 24.3 Å². The zero-order valence-electron chi connectivity index (χ0n) is 13.4. The van der Waals surface area contributed by atoms with Crippen LogP contribution in [0.3, 0.4) is 0 Å². The average molecular weight is 275 g/mol. The lowest BCUT2D eigenvalue weighted by Gasteiger charge is -2.55. The van der Waals surface area contributed by atoms with Gasteiger partial charge in [0.05, 0.1) is 6.61 Å². The van der Waals surface area contributed by atoms with E-state index in [1.54, 1.807) is 0 Å². The van der Waals surface area contributed by atoms with E-state index < -0.39 is 0 Å². The van der Waals surface area contributed by atoms with Crippen molar-refractivity contribution in [3.05, 3.63) is 29.8 Å². The van der Waals surface area contributed by atoms with Crippen molar-refractivity contribution in [3.8, 4) is 5.75 Å². The second-order valence-corrected chi connectivity index (χ2v) is 6.16. The lowest BCUT2D eigenvalue weighted by Crippen LogP contribution is -2.56. The van der Waals surface area contributed by atoms with Crippen molar-refractivity contribution in [2.75, 3.05) is 13.2 Å². The number of ether oxygens (including phenoxy) is 1. The number of nitrogens with one attached hydrogen (secondary N) is 1. The standard InChI is InChI=1S/C18H29NO/c1-5-12-19-17-13-16(18(17,4)6-2)14-8-10-15(11-9-14)20-7-3/h8-11,16-17,19H,5-7,12-13H2,1-4H3. The Bertz CT molecular complexity index is 414. The van der Waals surface area contributed by atoms with Gasteiger partial charge in [-0.25, -0.2) is 0 Å². The fraction of sp³-hybridized carbons (Fsp3) is 0.667. The van der Waals surface area contributed by atoms with Gasteiger partial charge in [-0.05, 0) is 61.8 Å². The lowest BCUT2D eigenvalue weighted by atomic mass is 9.54. The number of rotatable bonds is 7. The Morgan fingerprint density at radius 2 is 1.90 bits per heavy atom. The van der Waals surface area contributed by atoms with Crippen molar-refractivity contribution < 1.29 is 4.74 Å². The summed E-state index contributed by atoms with van der Waals surface area (Å²) in [6, 6.07) is 9.40. The second kappa shape index (κ2) is 6.62. The van der Waals surface area contributed by atoms with Gasteiger partial charge in [-0.2, -0.15) is 0 Å². The van der Waals surface area contributed by atoms with Gasteiger partial charge in [0, 0.05) is 6.04 Å². The Morgan fingerprint density at radius 1 is 1.20 bits per heavy atom. The molecule has 3 atom stereocenters. The highest BCUT2D eigenvalue weighted by Gasteiger charge is 2.50. The quantitative estimate of drug-likeness (QED) is 0.798. The molecule has 1 aliphatic rings. The summed E-state index contributed by atoms with van der Waals surface area (Å²) >= 11 is 0. The lowest BCUT2D eigenvalue weighted by molar-refractivity contribution is 0.0445. The molecule has 2 rings (SSSR count). The molecule has 0 spiro atoms. The van der Waals surface area contributed by atoms with Crippen LogP contribution in [0, 0.1) is 5.41 Å². The molecule has 2 heteroatoms. The third kappa shape index (κ3) is 2.85. The smallest absolute Gasteiger partial charge is 0.119 e. The molecule has 1 N–H and O–H groups in total. The fourth-order valence-corrected chi connectivity index (χ4v) is 3.46. The summed E-state index contributed by atoms with van der Waals surface area (Å²) in [6.45, 7) is 10.9. The molecule has 0 amide bonds. The molecule has 1 aromatic rings. The van der Waals surface area contributed by atoms with Gasteiger partial charge < -0.3 is 10.1 Å². The maximum absolute atomic E-state index is 5.53. The van der Waals surface area contributed by atoms with E-state index in [0.29, 0.717) is 17.4 Å². The molecule has 0 saturated heterocycles. The summed E-state index contributed by atoms with van der Waals surface area (Å²) in [5.41, 5.74) is 1.86. The van der Waals surface area contributed by atoms with E-state index in [9.17, 15) is 0 Å². The van der Waals surface area contributed by atoms with E-state index in [4.69, 9.17) is 4.74 Å². The highest BCUT2D eigenvalue weighted by atomic mass is 16.5. The maximum Gasteiger partial charge on any atom is 0.119 e. The van der Waals surface area contributed by atoms with Gasteiger partial charge in [0.2, 0.25) is 0 Å². The summed E-state index contributed by atoms with van der Waals surface area (Å²) in [5.74, 6) is 1.66. The Hall–Kier alpha value is -1.02. The molecular weight excluding hydrogens is 246 g/mol. The van der Waals surface area contributed by atoms with Crippen molar-refractivity contribution in [2.24, 2.45) is 5.41 Å². The molecule has 3 unspecified atom stereocenters. The highest BCUT2D eigenvalue weighted by Crippen LogP contribution is 2.54. The van der Waals surface area contributed by atoms with Gasteiger partial charge in [0.15, 0.2) is 0 Å². The van der Waals surface area contributed by atoms with Crippen LogP contribution >= 0.6 is 0 Å². The minimum Gasteiger partial charge on any atom is -0.494 e. The van der Waals surface area contributed by atoms with Crippen molar-refractivity contribution in [2.45, 2.75) is 58.9 Å². The highest BCUT2D eigenvalue weighted by molar-refractivity contribution is 5.33. The molecule has 0 bridgehead atoms. The Kier molecular flexibility index (Phi) is 5.09. The van der Waals surface area contributed by atoms with Crippen molar-refractivity contribution >= 4 is 0 Å². The Morgan fingerprint density at radius 3 is 2.45 bits per heavy atom. The van der Waals surface area contributed by atoms with Gasteiger partial charge in [0.25, 0.3) is 0 Å². The van der Waals surface area contributed by atoms with Crippen LogP contribution in [0.4, 0.5) is 0 Å². The molecule has 0 aromatic heterocycles. The Balaban J connectivity index is 2.05. The minimum atomic E-state index is 0.391. The molecule has 20 heavy (non-hydrogen) atoms. The third-order valence-electron chi connectivity index (χ3n) is 5.06. The van der Waals surface area contributed by atoms with Crippen LogP contribution in [0.25, 0.3) is 0 Å². The number of hydrogen-bond acceptors (Lipinski definition) is 2. The normalized spacial score (nSPS) is 29.0. The van der Waals surface area contributed by atoms with E-state index in [2.05, 4.69) is 50.4 Å². The van der Waals surface area contributed by atoms with Gasteiger partial charge in [-0.15, -0.1) is 0 Å². The third-order valence-corrected chi connectivity index (χ3v) is 5.06. The van der Waals surface area contributed by atoms with E-state index in [0.717, 1.165) is 18.9 Å². The molecule has 0 aliphatic heterocycles. The molecule has 1 aliphatic carbocycles. The van der Waals surface area contributed by atoms with Crippen LogP contribution in [0.1, 0.15) is 58.4 Å². The summed E-state index contributed by atoms with van der Waals surface area (Å²) in [7, 11) is 0. The molecule has 0 heterocycles. The summed E-state index contributed by atoms with van der Waals surface area (Å²) in [4.78, 5) is 0. The number of hydrogen-bond donors (Lipinski definition) is 1. The van der Waals surface area contributed by atoms with E-state index in [-0.39, 0.29) is 0 Å². The van der Waals surface area contributed by atoms with Crippen LogP contribution in [0.5, 0.6) is 5.75 Å². The maximum atomic E-state index is 5.53. The molecule has 0 radical (unpaired) electrons.